The molecule has 3 atom stereocenters. The summed E-state index contributed by atoms with van der Waals surface area (Å²) in [5.74, 6) is 0. The van der Waals surface area contributed by atoms with Crippen LogP contribution >= 0.6 is 11.6 Å². The van der Waals surface area contributed by atoms with E-state index in [-0.39, 0.29) is 10.4 Å². The lowest BCUT2D eigenvalue weighted by Crippen LogP contribution is -2.48. The molecule has 0 heterocycles. The van der Waals surface area contributed by atoms with Gasteiger partial charge in [-0.3, -0.25) is 0 Å². The second-order valence-electron chi connectivity index (χ2n) is 7.25. The Balaban J connectivity index is 3.06. The van der Waals surface area contributed by atoms with E-state index in [2.05, 4.69) is 40.4 Å². The molecule has 124 valence electrons. The van der Waals surface area contributed by atoms with Crippen LogP contribution in [0.15, 0.2) is 43.0 Å². The number of alkyl halides is 1. The van der Waals surface area contributed by atoms with Gasteiger partial charge in [0.25, 0.3) is 0 Å². The molecule has 0 unspecified atom stereocenters. The Labute approximate surface area is 141 Å². The molecule has 0 bridgehead atoms. The number of aliphatic hydroxyl groups excluding tert-OH is 1. The smallest absolute Gasteiger partial charge is 0.192 e. The van der Waals surface area contributed by atoms with E-state index in [1.54, 1.807) is 6.08 Å². The fraction of sp³-hybridized carbons (Fsp3) is 0.556. The summed E-state index contributed by atoms with van der Waals surface area (Å²) in [5.41, 5.74) is 0.969. The molecule has 1 aromatic carbocycles. The van der Waals surface area contributed by atoms with Crippen molar-refractivity contribution >= 4 is 19.9 Å². The minimum Gasteiger partial charge on any atom is -0.409 e. The van der Waals surface area contributed by atoms with Crippen LogP contribution in [0.25, 0.3) is 0 Å². The van der Waals surface area contributed by atoms with Crippen molar-refractivity contribution in [2.45, 2.75) is 62.9 Å². The number of hydrogen-bond acceptors (Lipinski definition) is 2. The zero-order valence-electron chi connectivity index (χ0n) is 14.3. The molecule has 0 amide bonds. The van der Waals surface area contributed by atoms with Gasteiger partial charge in [0.15, 0.2) is 8.32 Å². The summed E-state index contributed by atoms with van der Waals surface area (Å²) in [6.07, 6.45) is 1.08. The highest BCUT2D eigenvalue weighted by Crippen LogP contribution is 2.40. The predicted molar refractivity (Wildman–Crippen MR) is 97.9 cm³/mol. The van der Waals surface area contributed by atoms with Gasteiger partial charge in [0.1, 0.15) is 0 Å². The highest BCUT2D eigenvalue weighted by Gasteiger charge is 2.42. The van der Waals surface area contributed by atoms with Crippen LogP contribution in [0.4, 0.5) is 0 Å². The topological polar surface area (TPSA) is 29.5 Å². The third-order valence-electron chi connectivity index (χ3n) is 4.43. The molecule has 2 nitrogen and oxygen atoms in total. The molecule has 1 aromatic rings. The van der Waals surface area contributed by atoms with Gasteiger partial charge in [-0.15, -0.1) is 18.2 Å². The lowest BCUT2D eigenvalue weighted by molar-refractivity contribution is 0.0269. The highest BCUT2D eigenvalue weighted by molar-refractivity contribution is 6.74. The Bertz CT molecular complexity index is 468. The average molecular weight is 341 g/mol. The van der Waals surface area contributed by atoms with E-state index in [0.29, 0.717) is 6.42 Å². The lowest BCUT2D eigenvalue weighted by atomic mass is 10.0. The van der Waals surface area contributed by atoms with E-state index in [4.69, 9.17) is 16.0 Å². The van der Waals surface area contributed by atoms with Gasteiger partial charge < -0.3 is 9.53 Å². The first kappa shape index (κ1) is 19.4. The second-order valence-corrected chi connectivity index (χ2v) is 12.5. The van der Waals surface area contributed by atoms with E-state index >= 15 is 0 Å². The molecule has 0 aromatic heterocycles. The van der Waals surface area contributed by atoms with Crippen molar-refractivity contribution < 1.29 is 9.53 Å². The summed E-state index contributed by atoms with van der Waals surface area (Å²) < 4.78 is 6.44. The van der Waals surface area contributed by atoms with Crippen molar-refractivity contribution in [3.63, 3.8) is 0 Å². The molecular formula is C18H29ClO2Si. The molecule has 4 heteroatoms. The Morgan fingerprint density at radius 3 is 2.27 bits per heavy atom. The third-order valence-corrected chi connectivity index (χ3v) is 9.40. The SMILES string of the molecule is C=CC[C@H](O)[C@@H](O[Si](C)(C)C(C)(C)C)[C@@H](Cl)c1ccccc1. The Morgan fingerprint density at radius 1 is 1.27 bits per heavy atom. The van der Waals surface area contributed by atoms with Crippen molar-refractivity contribution in [2.24, 2.45) is 0 Å². The van der Waals surface area contributed by atoms with Crippen LogP contribution in [0.3, 0.4) is 0 Å². The molecular weight excluding hydrogens is 312 g/mol. The van der Waals surface area contributed by atoms with Crippen molar-refractivity contribution in [1.29, 1.82) is 0 Å². The minimum atomic E-state index is -2.03. The minimum absolute atomic E-state index is 0.0620. The summed E-state index contributed by atoms with van der Waals surface area (Å²) in [6.45, 7) is 14.6. The Kier molecular flexibility index (Phi) is 6.87. The van der Waals surface area contributed by atoms with Crippen molar-refractivity contribution in [2.75, 3.05) is 0 Å². The van der Waals surface area contributed by atoms with Crippen LogP contribution in [0.5, 0.6) is 0 Å². The van der Waals surface area contributed by atoms with Crippen LogP contribution < -0.4 is 0 Å². The van der Waals surface area contributed by atoms with Crippen molar-refractivity contribution in [3.8, 4) is 0 Å². The van der Waals surface area contributed by atoms with Crippen LogP contribution in [0, 0.1) is 0 Å². The maximum atomic E-state index is 10.5. The van der Waals surface area contributed by atoms with Crippen LogP contribution in [0.1, 0.15) is 38.1 Å². The predicted octanol–water partition coefficient (Wildman–Crippen LogP) is 5.29. The fourth-order valence-electron chi connectivity index (χ4n) is 1.98. The molecule has 0 aliphatic rings. The monoisotopic (exact) mass is 340 g/mol. The van der Waals surface area contributed by atoms with Gasteiger partial charge in [-0.05, 0) is 30.1 Å². The first-order chi connectivity index (χ1) is 10.1. The van der Waals surface area contributed by atoms with Crippen LogP contribution in [-0.4, -0.2) is 25.6 Å². The number of aliphatic hydroxyl groups is 1. The van der Waals surface area contributed by atoms with Crippen LogP contribution in [0.2, 0.25) is 18.1 Å². The van der Waals surface area contributed by atoms with Crippen molar-refractivity contribution in [1.82, 2.24) is 0 Å². The zero-order valence-corrected chi connectivity index (χ0v) is 16.1. The number of hydrogen-bond donors (Lipinski definition) is 1. The molecule has 0 fully saturated rings. The van der Waals surface area contributed by atoms with Gasteiger partial charge in [-0.25, -0.2) is 0 Å². The van der Waals surface area contributed by atoms with E-state index in [9.17, 15) is 5.11 Å². The number of benzene rings is 1. The number of halogens is 1. The number of rotatable bonds is 7. The Morgan fingerprint density at radius 2 is 1.82 bits per heavy atom. The normalized spacial score (nSPS) is 16.9. The maximum Gasteiger partial charge on any atom is 0.192 e. The maximum absolute atomic E-state index is 10.5. The largest absolute Gasteiger partial charge is 0.409 e. The summed E-state index contributed by atoms with van der Waals surface area (Å²) >= 11 is 6.66. The van der Waals surface area contributed by atoms with E-state index in [0.717, 1.165) is 5.56 Å². The van der Waals surface area contributed by atoms with E-state index < -0.39 is 20.5 Å². The summed E-state index contributed by atoms with van der Waals surface area (Å²) in [5, 5.41) is 10.2. The van der Waals surface area contributed by atoms with Gasteiger partial charge in [-0.2, -0.15) is 0 Å². The van der Waals surface area contributed by atoms with Crippen molar-refractivity contribution in [3.05, 3.63) is 48.6 Å². The highest BCUT2D eigenvalue weighted by atomic mass is 35.5. The standard InChI is InChI=1S/C18H29ClO2Si/c1-7-11-15(20)17(21-22(5,6)18(2,3)4)16(19)14-12-9-8-10-13-14/h7-10,12-13,15-17,20H,1,11H2,2-6H3/t15-,16-,17+/m0/s1. The van der Waals surface area contributed by atoms with E-state index in [1.807, 2.05) is 30.3 Å². The van der Waals surface area contributed by atoms with Crippen LogP contribution in [-0.2, 0) is 4.43 Å². The van der Waals surface area contributed by atoms with Gasteiger partial charge in [0, 0.05) is 0 Å². The zero-order chi connectivity index (χ0) is 17.0. The molecule has 1 N–H and O–H groups in total. The van der Waals surface area contributed by atoms with Gasteiger partial charge in [0.2, 0.25) is 0 Å². The molecule has 0 radical (unpaired) electrons. The molecule has 0 spiro atoms. The lowest BCUT2D eigenvalue weighted by Gasteiger charge is -2.41. The molecule has 22 heavy (non-hydrogen) atoms. The fourth-order valence-corrected chi connectivity index (χ4v) is 3.76. The first-order valence-corrected chi connectivity index (χ1v) is 11.1. The first-order valence-electron chi connectivity index (χ1n) is 7.76. The molecule has 0 saturated carbocycles. The van der Waals surface area contributed by atoms with Gasteiger partial charge in [-0.1, -0.05) is 57.2 Å². The molecule has 1 rings (SSSR count). The van der Waals surface area contributed by atoms with E-state index in [1.165, 1.54) is 0 Å². The Hall–Kier alpha value is -0.613. The molecule has 0 saturated heterocycles. The second kappa shape index (κ2) is 7.78. The summed E-state index contributed by atoms with van der Waals surface area (Å²) in [6, 6.07) is 9.81. The van der Waals surface area contributed by atoms with Gasteiger partial charge >= 0.3 is 0 Å². The summed E-state index contributed by atoms with van der Waals surface area (Å²) in [4.78, 5) is 0. The third kappa shape index (κ3) is 4.95. The summed E-state index contributed by atoms with van der Waals surface area (Å²) in [7, 11) is -2.03. The van der Waals surface area contributed by atoms with Gasteiger partial charge in [0.05, 0.1) is 17.6 Å². The molecule has 0 aliphatic carbocycles. The quantitative estimate of drug-likeness (QED) is 0.415. The average Bonchev–Trinajstić information content (AvgIpc) is 2.44. The molecule has 0 aliphatic heterocycles.